The van der Waals surface area contributed by atoms with Crippen molar-refractivity contribution in [3.8, 4) is 0 Å². The minimum absolute atomic E-state index is 0.0314. The van der Waals surface area contributed by atoms with Crippen LogP contribution in [0.15, 0.2) is 0 Å². The lowest BCUT2D eigenvalue weighted by Crippen LogP contribution is -2.50. The maximum Gasteiger partial charge on any atom is 0.315 e. The number of carbonyl (C=O) groups is 5. The monoisotopic (exact) mass is 596 g/mol. The van der Waals surface area contributed by atoms with Gasteiger partial charge in [-0.15, -0.1) is 0 Å². The van der Waals surface area contributed by atoms with E-state index in [4.69, 9.17) is 0 Å². The summed E-state index contributed by atoms with van der Waals surface area (Å²) in [5.74, 6) is -0.664. The lowest BCUT2D eigenvalue weighted by Gasteiger charge is -2.29. The van der Waals surface area contributed by atoms with Gasteiger partial charge in [0.15, 0.2) is 5.78 Å². The summed E-state index contributed by atoms with van der Waals surface area (Å²) in [6, 6.07) is -1.23. The van der Waals surface area contributed by atoms with Crippen LogP contribution in [0.3, 0.4) is 0 Å². The van der Waals surface area contributed by atoms with E-state index in [2.05, 4.69) is 55.9 Å². The Bertz CT molecular complexity index is 784. The van der Waals surface area contributed by atoms with Gasteiger partial charge in [-0.1, -0.05) is 107 Å². The van der Waals surface area contributed by atoms with Crippen molar-refractivity contribution in [3.05, 3.63) is 0 Å². The Morgan fingerprint density at radius 3 is 1.71 bits per heavy atom. The number of rotatable bonds is 13. The number of Topliss-reactive ketones (excluding diaryl/α,β-unsaturated/α-hetero) is 2. The first kappa shape index (κ1) is 41.7. The molecule has 2 fully saturated rings. The summed E-state index contributed by atoms with van der Waals surface area (Å²) in [7, 11) is 1.52. The Balaban J connectivity index is 0. The number of hydrogen-bond donors (Lipinski definition) is 4. The van der Waals surface area contributed by atoms with Crippen LogP contribution in [0, 0.1) is 11.3 Å². The van der Waals surface area contributed by atoms with Gasteiger partial charge in [0, 0.05) is 19.5 Å². The molecule has 0 aromatic heterocycles. The summed E-state index contributed by atoms with van der Waals surface area (Å²) in [5.41, 5.74) is -0.252. The van der Waals surface area contributed by atoms with Crippen molar-refractivity contribution >= 4 is 29.4 Å². The molecule has 2 aliphatic rings. The Morgan fingerprint density at radius 2 is 1.36 bits per heavy atom. The second-order valence-corrected chi connectivity index (χ2v) is 12.6. The van der Waals surface area contributed by atoms with Crippen molar-refractivity contribution in [2.24, 2.45) is 11.3 Å². The molecule has 2 aliphatic carbocycles. The number of urea groups is 1. The van der Waals surface area contributed by atoms with Crippen LogP contribution in [0.5, 0.6) is 0 Å². The van der Waals surface area contributed by atoms with Crippen LogP contribution < -0.4 is 21.3 Å². The molecule has 0 spiro atoms. The number of hydrogen-bond acceptors (Lipinski definition) is 5. The Kier molecular flexibility index (Phi) is 23.9. The molecule has 0 bridgehead atoms. The molecule has 0 radical (unpaired) electrons. The molecule has 42 heavy (non-hydrogen) atoms. The predicted octanol–water partition coefficient (Wildman–Crippen LogP) is 6.23. The van der Waals surface area contributed by atoms with Gasteiger partial charge in [-0.2, -0.15) is 0 Å². The standard InChI is InChI=1S/C17H28N2O3.C9H18N2O2.C4H10.C3H8/c1-2-3-4-8-15(20)19-14(11-12-6-5-7-12)16(21)17(22)18-13-9-10-13;1-6(12)7(9(2,3)4)11-8(13)10-5;1-3-4-2;1-3-2/h12-14H,2-11H2,1H3,(H,18,22)(H,19,20);7H,1-5H3,(H2,10,11,13);3-4H2,1-2H3;3H2,1-2H3. The highest BCUT2D eigenvalue weighted by molar-refractivity contribution is 6.38. The third-order valence-corrected chi connectivity index (χ3v) is 6.86. The Hall–Kier alpha value is -2.45. The summed E-state index contributed by atoms with van der Waals surface area (Å²) in [6.45, 7) is 17.9. The maximum absolute atomic E-state index is 12.3. The molecule has 0 aromatic carbocycles. The minimum atomic E-state index is -0.641. The van der Waals surface area contributed by atoms with Crippen LogP contribution in [0.2, 0.25) is 0 Å². The van der Waals surface area contributed by atoms with Gasteiger partial charge in [-0.25, -0.2) is 4.79 Å². The molecule has 2 saturated carbocycles. The molecule has 4 amide bonds. The lowest BCUT2D eigenvalue weighted by molar-refractivity contribution is -0.140. The highest BCUT2D eigenvalue weighted by Gasteiger charge is 2.34. The zero-order valence-corrected chi connectivity index (χ0v) is 28.5. The summed E-state index contributed by atoms with van der Waals surface area (Å²) in [5, 5.41) is 10.6. The number of carbonyl (C=O) groups excluding carboxylic acids is 5. The summed E-state index contributed by atoms with van der Waals surface area (Å²) >= 11 is 0. The van der Waals surface area contributed by atoms with Crippen molar-refractivity contribution in [3.63, 3.8) is 0 Å². The van der Waals surface area contributed by atoms with Gasteiger partial charge in [0.1, 0.15) is 0 Å². The first-order valence-electron chi connectivity index (χ1n) is 16.3. The zero-order valence-electron chi connectivity index (χ0n) is 28.5. The van der Waals surface area contributed by atoms with Crippen molar-refractivity contribution < 1.29 is 24.0 Å². The summed E-state index contributed by atoms with van der Waals surface area (Å²) in [4.78, 5) is 58.5. The van der Waals surface area contributed by atoms with E-state index in [-0.39, 0.29) is 29.2 Å². The van der Waals surface area contributed by atoms with Crippen LogP contribution in [-0.2, 0) is 19.2 Å². The number of nitrogens with one attached hydrogen (secondary N) is 4. The molecule has 4 N–H and O–H groups in total. The van der Waals surface area contributed by atoms with Crippen molar-refractivity contribution in [2.45, 2.75) is 164 Å². The number of amides is 4. The van der Waals surface area contributed by atoms with Gasteiger partial charge in [-0.05, 0) is 43.9 Å². The van der Waals surface area contributed by atoms with Crippen molar-refractivity contribution in [1.29, 1.82) is 0 Å². The Morgan fingerprint density at radius 1 is 0.810 bits per heavy atom. The molecule has 2 rings (SSSR count). The molecule has 9 heteroatoms. The fourth-order valence-corrected chi connectivity index (χ4v) is 3.87. The first-order chi connectivity index (χ1) is 19.7. The smallest absolute Gasteiger partial charge is 0.315 e. The lowest BCUT2D eigenvalue weighted by atomic mass is 9.80. The third kappa shape index (κ3) is 21.3. The second kappa shape index (κ2) is 24.0. The fourth-order valence-electron chi connectivity index (χ4n) is 3.87. The van der Waals surface area contributed by atoms with Crippen LogP contribution in [0.25, 0.3) is 0 Å². The maximum atomic E-state index is 12.3. The van der Waals surface area contributed by atoms with E-state index in [1.54, 1.807) is 0 Å². The van der Waals surface area contributed by atoms with Gasteiger partial charge < -0.3 is 21.3 Å². The predicted molar refractivity (Wildman–Crippen MR) is 172 cm³/mol. The molecular formula is C33H64N4O5. The van der Waals surface area contributed by atoms with Crippen molar-refractivity contribution in [1.82, 2.24) is 21.3 Å². The van der Waals surface area contributed by atoms with E-state index in [1.807, 2.05) is 20.8 Å². The quantitative estimate of drug-likeness (QED) is 0.148. The molecule has 0 saturated heterocycles. The van der Waals surface area contributed by atoms with E-state index in [0.29, 0.717) is 18.8 Å². The van der Waals surface area contributed by atoms with E-state index in [9.17, 15) is 24.0 Å². The average Bonchev–Trinajstić information content (AvgIpc) is 3.72. The topological polar surface area (TPSA) is 133 Å². The molecular weight excluding hydrogens is 532 g/mol. The number of ketones is 2. The van der Waals surface area contributed by atoms with Gasteiger partial charge in [0.05, 0.1) is 12.1 Å². The van der Waals surface area contributed by atoms with Crippen LogP contribution in [-0.4, -0.2) is 54.6 Å². The van der Waals surface area contributed by atoms with E-state index in [0.717, 1.165) is 44.9 Å². The van der Waals surface area contributed by atoms with Crippen LogP contribution in [0.1, 0.15) is 146 Å². The SMILES string of the molecule is CCC.CCCC.CCCCCC(=O)NC(CC1CCC1)C(=O)C(=O)NC1CC1.CNC(=O)NC(C(C)=O)C(C)(C)C. The van der Waals surface area contributed by atoms with Crippen LogP contribution in [0.4, 0.5) is 4.79 Å². The largest absolute Gasteiger partial charge is 0.347 e. The minimum Gasteiger partial charge on any atom is -0.347 e. The van der Waals surface area contributed by atoms with E-state index in [1.165, 1.54) is 39.7 Å². The third-order valence-electron chi connectivity index (χ3n) is 6.86. The Labute approximate surface area is 256 Å². The normalized spacial score (nSPS) is 15.3. The zero-order chi connectivity index (χ0) is 32.7. The van der Waals surface area contributed by atoms with Gasteiger partial charge in [0.25, 0.3) is 5.91 Å². The molecule has 0 aromatic rings. The first-order valence-corrected chi connectivity index (χ1v) is 16.3. The molecule has 9 nitrogen and oxygen atoms in total. The van der Waals surface area contributed by atoms with E-state index < -0.39 is 23.8 Å². The fraction of sp³-hybridized carbons (Fsp3) is 0.848. The van der Waals surface area contributed by atoms with E-state index >= 15 is 0 Å². The summed E-state index contributed by atoms with van der Waals surface area (Å²) in [6.07, 6.45) is 13.1. The van der Waals surface area contributed by atoms with Crippen LogP contribution >= 0.6 is 0 Å². The highest BCUT2D eigenvalue weighted by Crippen LogP contribution is 2.31. The van der Waals surface area contributed by atoms with Gasteiger partial charge in [-0.3, -0.25) is 19.2 Å². The molecule has 2 atom stereocenters. The van der Waals surface area contributed by atoms with Gasteiger partial charge >= 0.3 is 6.03 Å². The molecule has 0 aliphatic heterocycles. The number of unbranched alkanes of at least 4 members (excludes halogenated alkanes) is 3. The average molecular weight is 597 g/mol. The second-order valence-electron chi connectivity index (χ2n) is 12.6. The summed E-state index contributed by atoms with van der Waals surface area (Å²) < 4.78 is 0. The molecule has 246 valence electrons. The van der Waals surface area contributed by atoms with Crippen molar-refractivity contribution in [2.75, 3.05) is 7.05 Å². The molecule has 0 heterocycles. The highest BCUT2D eigenvalue weighted by atomic mass is 16.2. The molecule has 2 unspecified atom stereocenters. The van der Waals surface area contributed by atoms with Gasteiger partial charge in [0.2, 0.25) is 11.7 Å².